The summed E-state index contributed by atoms with van der Waals surface area (Å²) in [5.74, 6) is 2.02. The van der Waals surface area contributed by atoms with Crippen molar-refractivity contribution < 1.29 is 0 Å². The molecule has 0 spiro atoms. The summed E-state index contributed by atoms with van der Waals surface area (Å²) in [7, 11) is 0. The molecule has 1 aliphatic carbocycles. The summed E-state index contributed by atoms with van der Waals surface area (Å²) >= 11 is 0. The van der Waals surface area contributed by atoms with E-state index in [4.69, 9.17) is 0 Å². The molecule has 0 aromatic rings. The van der Waals surface area contributed by atoms with Crippen LogP contribution in [0.4, 0.5) is 0 Å². The Morgan fingerprint density at radius 1 is 1.20 bits per heavy atom. The maximum Gasteiger partial charge on any atom is -0.0323 e. The SMILES string of the molecule is CCCCC(CC)C(C)(C)CC1CCC1. The monoisotopic (exact) mass is 210 g/mol. The number of rotatable bonds is 7. The summed E-state index contributed by atoms with van der Waals surface area (Å²) in [6, 6.07) is 0. The molecule has 0 nitrogen and oxygen atoms in total. The summed E-state index contributed by atoms with van der Waals surface area (Å²) in [6.45, 7) is 9.71. The summed E-state index contributed by atoms with van der Waals surface area (Å²) in [5, 5.41) is 0. The van der Waals surface area contributed by atoms with E-state index in [0.29, 0.717) is 5.41 Å². The van der Waals surface area contributed by atoms with Crippen LogP contribution in [0.1, 0.15) is 79.1 Å². The van der Waals surface area contributed by atoms with Gasteiger partial charge in [0.25, 0.3) is 0 Å². The third-order valence-corrected chi connectivity index (χ3v) is 4.54. The van der Waals surface area contributed by atoms with Gasteiger partial charge in [-0.2, -0.15) is 0 Å². The van der Waals surface area contributed by atoms with E-state index in [1.165, 1.54) is 51.4 Å². The zero-order valence-corrected chi connectivity index (χ0v) is 11.3. The van der Waals surface area contributed by atoms with Crippen molar-refractivity contribution in [3.8, 4) is 0 Å². The van der Waals surface area contributed by atoms with Gasteiger partial charge in [-0.25, -0.2) is 0 Å². The molecule has 0 radical (unpaired) electrons. The van der Waals surface area contributed by atoms with Gasteiger partial charge in [-0.15, -0.1) is 0 Å². The Morgan fingerprint density at radius 2 is 1.87 bits per heavy atom. The number of hydrogen-bond acceptors (Lipinski definition) is 0. The van der Waals surface area contributed by atoms with Crippen molar-refractivity contribution in [1.29, 1.82) is 0 Å². The quantitative estimate of drug-likeness (QED) is 0.526. The number of unbranched alkanes of at least 4 members (excludes halogenated alkanes) is 1. The fourth-order valence-electron chi connectivity index (χ4n) is 3.21. The van der Waals surface area contributed by atoms with Crippen molar-refractivity contribution >= 4 is 0 Å². The minimum Gasteiger partial charge on any atom is -0.0654 e. The van der Waals surface area contributed by atoms with Crippen molar-refractivity contribution in [1.82, 2.24) is 0 Å². The van der Waals surface area contributed by atoms with Crippen LogP contribution in [0, 0.1) is 17.3 Å². The van der Waals surface area contributed by atoms with Gasteiger partial charge in [0.1, 0.15) is 0 Å². The Hall–Kier alpha value is 0. The van der Waals surface area contributed by atoms with Crippen LogP contribution in [0.5, 0.6) is 0 Å². The smallest absolute Gasteiger partial charge is 0.0323 e. The third-order valence-electron chi connectivity index (χ3n) is 4.54. The molecule has 0 heterocycles. The Bertz CT molecular complexity index is 165. The molecule has 1 unspecified atom stereocenters. The lowest BCUT2D eigenvalue weighted by atomic mass is 9.66. The van der Waals surface area contributed by atoms with Crippen LogP contribution < -0.4 is 0 Å². The lowest BCUT2D eigenvalue weighted by molar-refractivity contribution is 0.113. The summed E-state index contributed by atoms with van der Waals surface area (Å²) in [6.07, 6.45) is 11.6. The minimum atomic E-state index is 0.592. The van der Waals surface area contributed by atoms with Gasteiger partial charge >= 0.3 is 0 Å². The molecule has 0 aromatic carbocycles. The molecule has 1 rings (SSSR count). The van der Waals surface area contributed by atoms with E-state index in [1.54, 1.807) is 0 Å². The first kappa shape index (κ1) is 13.1. The maximum atomic E-state index is 2.51. The molecule has 0 aromatic heterocycles. The van der Waals surface area contributed by atoms with E-state index in [9.17, 15) is 0 Å². The van der Waals surface area contributed by atoms with Crippen LogP contribution in [-0.4, -0.2) is 0 Å². The third kappa shape index (κ3) is 3.81. The second kappa shape index (κ2) is 5.92. The van der Waals surface area contributed by atoms with Gasteiger partial charge in [0.2, 0.25) is 0 Å². The zero-order valence-electron chi connectivity index (χ0n) is 11.3. The van der Waals surface area contributed by atoms with Crippen molar-refractivity contribution in [2.24, 2.45) is 17.3 Å². The van der Waals surface area contributed by atoms with Crippen LogP contribution in [0.25, 0.3) is 0 Å². The van der Waals surface area contributed by atoms with Crippen LogP contribution in [-0.2, 0) is 0 Å². The average Bonchev–Trinajstić information content (AvgIpc) is 2.13. The molecular formula is C15H30. The highest BCUT2D eigenvalue weighted by molar-refractivity contribution is 4.83. The zero-order chi connectivity index (χ0) is 11.3. The van der Waals surface area contributed by atoms with E-state index < -0.39 is 0 Å². The molecule has 0 N–H and O–H groups in total. The molecule has 0 bridgehead atoms. The average molecular weight is 210 g/mol. The fourth-order valence-corrected chi connectivity index (χ4v) is 3.21. The van der Waals surface area contributed by atoms with Crippen molar-refractivity contribution in [2.45, 2.75) is 79.1 Å². The topological polar surface area (TPSA) is 0 Å². The molecule has 1 saturated carbocycles. The molecule has 0 amide bonds. The lowest BCUT2D eigenvalue weighted by Gasteiger charge is -2.40. The fraction of sp³-hybridized carbons (Fsp3) is 1.00. The molecular weight excluding hydrogens is 180 g/mol. The molecule has 1 fully saturated rings. The molecule has 1 aliphatic rings. The highest BCUT2D eigenvalue weighted by Gasteiger charge is 2.32. The number of hydrogen-bond donors (Lipinski definition) is 0. The van der Waals surface area contributed by atoms with Gasteiger partial charge in [0.05, 0.1) is 0 Å². The second-order valence-electron chi connectivity index (χ2n) is 6.24. The van der Waals surface area contributed by atoms with E-state index in [-0.39, 0.29) is 0 Å². The Labute approximate surface area is 96.8 Å². The van der Waals surface area contributed by atoms with Gasteiger partial charge in [-0.3, -0.25) is 0 Å². The first-order valence-electron chi connectivity index (χ1n) is 7.10. The van der Waals surface area contributed by atoms with Gasteiger partial charge in [-0.1, -0.05) is 66.2 Å². The van der Waals surface area contributed by atoms with E-state index in [1.807, 2.05) is 0 Å². The molecule has 90 valence electrons. The van der Waals surface area contributed by atoms with Gasteiger partial charge in [0.15, 0.2) is 0 Å². The van der Waals surface area contributed by atoms with E-state index in [0.717, 1.165) is 11.8 Å². The van der Waals surface area contributed by atoms with Gasteiger partial charge in [-0.05, 0) is 30.1 Å². The standard InChI is InChI=1S/C15H30/c1-5-7-11-14(6-2)15(3,4)12-13-9-8-10-13/h13-14H,5-12H2,1-4H3. The predicted molar refractivity (Wildman–Crippen MR) is 69.0 cm³/mol. The minimum absolute atomic E-state index is 0.592. The summed E-state index contributed by atoms with van der Waals surface area (Å²) < 4.78 is 0. The summed E-state index contributed by atoms with van der Waals surface area (Å²) in [4.78, 5) is 0. The normalized spacial score (nSPS) is 20.0. The van der Waals surface area contributed by atoms with Crippen LogP contribution in [0.3, 0.4) is 0 Å². The molecule has 0 heteroatoms. The Kier molecular flexibility index (Phi) is 5.15. The highest BCUT2D eigenvalue weighted by atomic mass is 14.4. The molecule has 0 aliphatic heterocycles. The Morgan fingerprint density at radius 3 is 2.27 bits per heavy atom. The van der Waals surface area contributed by atoms with Crippen molar-refractivity contribution in [3.05, 3.63) is 0 Å². The second-order valence-corrected chi connectivity index (χ2v) is 6.24. The highest BCUT2D eigenvalue weighted by Crippen LogP contribution is 2.43. The Balaban J connectivity index is 2.39. The van der Waals surface area contributed by atoms with Crippen molar-refractivity contribution in [3.63, 3.8) is 0 Å². The van der Waals surface area contributed by atoms with Crippen LogP contribution >= 0.6 is 0 Å². The van der Waals surface area contributed by atoms with E-state index in [2.05, 4.69) is 27.7 Å². The largest absolute Gasteiger partial charge is 0.0654 e. The van der Waals surface area contributed by atoms with Crippen molar-refractivity contribution in [2.75, 3.05) is 0 Å². The first-order valence-corrected chi connectivity index (χ1v) is 7.10. The van der Waals surface area contributed by atoms with Gasteiger partial charge < -0.3 is 0 Å². The summed E-state index contributed by atoms with van der Waals surface area (Å²) in [5.41, 5.74) is 0.592. The first-order chi connectivity index (χ1) is 7.10. The van der Waals surface area contributed by atoms with E-state index >= 15 is 0 Å². The predicted octanol–water partition coefficient (Wildman–Crippen LogP) is 5.42. The van der Waals surface area contributed by atoms with Crippen LogP contribution in [0.2, 0.25) is 0 Å². The lowest BCUT2D eigenvalue weighted by Crippen LogP contribution is -2.29. The molecule has 15 heavy (non-hydrogen) atoms. The maximum absolute atomic E-state index is 2.51. The van der Waals surface area contributed by atoms with Crippen LogP contribution in [0.15, 0.2) is 0 Å². The molecule has 1 atom stereocenters. The van der Waals surface area contributed by atoms with Gasteiger partial charge in [0, 0.05) is 0 Å². The molecule has 0 saturated heterocycles.